The molecule has 34 heavy (non-hydrogen) atoms. The van der Waals surface area contributed by atoms with Gasteiger partial charge < -0.3 is 24.3 Å². The second-order valence-corrected chi connectivity index (χ2v) is 8.13. The van der Waals surface area contributed by atoms with Crippen molar-refractivity contribution in [3.8, 4) is 17.2 Å². The molecular weight excluding hydrogens is 436 g/mol. The van der Waals surface area contributed by atoms with Crippen molar-refractivity contribution in [2.45, 2.75) is 33.7 Å². The van der Waals surface area contributed by atoms with Gasteiger partial charge in [-0.05, 0) is 68.1 Å². The Balaban J connectivity index is 2.10. The van der Waals surface area contributed by atoms with Crippen LogP contribution in [0.25, 0.3) is 0 Å². The van der Waals surface area contributed by atoms with E-state index in [4.69, 9.17) is 18.9 Å². The average Bonchev–Trinajstić information content (AvgIpc) is 2.81. The van der Waals surface area contributed by atoms with Gasteiger partial charge in [0, 0.05) is 7.05 Å². The Kier molecular flexibility index (Phi) is 7.71. The number of likely N-dealkylation sites (N-methyl/N-ethyl adjacent to an activating group) is 1. The van der Waals surface area contributed by atoms with Crippen LogP contribution < -0.4 is 19.5 Å². The van der Waals surface area contributed by atoms with Crippen LogP contribution in [0.1, 0.15) is 35.2 Å². The maximum Gasteiger partial charge on any atom is 0.338 e. The summed E-state index contributed by atoms with van der Waals surface area (Å²) in [5.74, 6) is 1.21. The van der Waals surface area contributed by atoms with Gasteiger partial charge in [-0.15, -0.1) is 0 Å². The zero-order valence-corrected chi connectivity index (χ0v) is 20.8. The summed E-state index contributed by atoms with van der Waals surface area (Å²) in [5.41, 5.74) is 4.56. The predicted molar refractivity (Wildman–Crippen MR) is 128 cm³/mol. The van der Waals surface area contributed by atoms with E-state index in [1.54, 1.807) is 39.3 Å². The van der Waals surface area contributed by atoms with E-state index in [-0.39, 0.29) is 19.2 Å². The van der Waals surface area contributed by atoms with Crippen molar-refractivity contribution in [3.63, 3.8) is 0 Å². The number of amides is 2. The summed E-state index contributed by atoms with van der Waals surface area (Å²) < 4.78 is 22.3. The Morgan fingerprint density at radius 1 is 1.03 bits per heavy atom. The lowest BCUT2D eigenvalue weighted by atomic mass is 9.94. The van der Waals surface area contributed by atoms with Crippen molar-refractivity contribution in [2.24, 2.45) is 0 Å². The molecule has 0 bridgehead atoms. The molecule has 1 aliphatic rings. The second-order valence-electron chi connectivity index (χ2n) is 8.13. The first kappa shape index (κ1) is 25.0. The number of aryl methyl sites for hydroxylation is 2. The van der Waals surface area contributed by atoms with Crippen molar-refractivity contribution in [1.29, 1.82) is 0 Å². The molecule has 0 saturated carbocycles. The molecule has 1 heterocycles. The predicted octanol–water partition coefficient (Wildman–Crippen LogP) is 4.22. The fraction of sp³-hybridized carbons (Fsp3) is 0.385. The van der Waals surface area contributed by atoms with E-state index in [9.17, 15) is 9.59 Å². The lowest BCUT2D eigenvalue weighted by Crippen LogP contribution is -2.48. The molecule has 2 aromatic rings. The number of esters is 1. The van der Waals surface area contributed by atoms with Crippen molar-refractivity contribution >= 4 is 12.0 Å². The van der Waals surface area contributed by atoms with E-state index in [2.05, 4.69) is 11.4 Å². The third-order valence-electron chi connectivity index (χ3n) is 5.94. The first-order valence-corrected chi connectivity index (χ1v) is 11.1. The number of benzene rings is 2. The minimum absolute atomic E-state index is 0.0194. The van der Waals surface area contributed by atoms with Crippen LogP contribution in [0.15, 0.2) is 41.6 Å². The van der Waals surface area contributed by atoms with Crippen LogP contribution in [0, 0.1) is 20.8 Å². The van der Waals surface area contributed by atoms with Gasteiger partial charge in [-0.2, -0.15) is 0 Å². The highest BCUT2D eigenvalue weighted by Crippen LogP contribution is 2.36. The van der Waals surface area contributed by atoms with Gasteiger partial charge in [0.05, 0.1) is 38.1 Å². The number of urea groups is 1. The smallest absolute Gasteiger partial charge is 0.338 e. The van der Waals surface area contributed by atoms with Gasteiger partial charge in [-0.3, -0.25) is 4.90 Å². The highest BCUT2D eigenvalue weighted by atomic mass is 16.5. The maximum atomic E-state index is 13.1. The fourth-order valence-electron chi connectivity index (χ4n) is 3.96. The summed E-state index contributed by atoms with van der Waals surface area (Å²) >= 11 is 0. The number of methoxy groups -OCH3 is 2. The molecule has 1 atom stereocenters. The Morgan fingerprint density at radius 3 is 2.38 bits per heavy atom. The normalized spacial score (nSPS) is 15.7. The number of nitrogens with zero attached hydrogens (tertiary/aromatic N) is 1. The van der Waals surface area contributed by atoms with Gasteiger partial charge in [0.15, 0.2) is 11.5 Å². The van der Waals surface area contributed by atoms with Crippen LogP contribution >= 0.6 is 0 Å². The SMILES string of the molecule is CCOC(=O)C1=C(COc2cc(C)cc(C)c2C)N(C)C(=O)N[C@H]1c1ccc(OC)c(OC)c1. The van der Waals surface area contributed by atoms with Crippen molar-refractivity contribution in [2.75, 3.05) is 34.5 Å². The van der Waals surface area contributed by atoms with E-state index in [1.165, 1.54) is 12.0 Å². The molecule has 8 heteroatoms. The van der Waals surface area contributed by atoms with Gasteiger partial charge in [0.2, 0.25) is 0 Å². The number of rotatable bonds is 8. The summed E-state index contributed by atoms with van der Waals surface area (Å²) in [6, 6.07) is 8.17. The zero-order chi connectivity index (χ0) is 25.0. The summed E-state index contributed by atoms with van der Waals surface area (Å²) in [6.07, 6.45) is 0. The molecule has 1 N–H and O–H groups in total. The number of nitrogens with one attached hydrogen (secondary N) is 1. The number of hydrogen-bond acceptors (Lipinski definition) is 6. The van der Waals surface area contributed by atoms with E-state index >= 15 is 0 Å². The molecule has 8 nitrogen and oxygen atoms in total. The highest BCUT2D eigenvalue weighted by molar-refractivity contribution is 5.95. The summed E-state index contributed by atoms with van der Waals surface area (Å²) in [4.78, 5) is 27.4. The number of hydrogen-bond donors (Lipinski definition) is 1. The third kappa shape index (κ3) is 4.95. The molecule has 0 radical (unpaired) electrons. The average molecular weight is 469 g/mol. The number of carbonyl (C=O) groups excluding carboxylic acids is 2. The topological polar surface area (TPSA) is 86.3 Å². The molecule has 0 spiro atoms. The molecule has 182 valence electrons. The Morgan fingerprint density at radius 2 is 1.74 bits per heavy atom. The first-order valence-electron chi connectivity index (χ1n) is 11.1. The summed E-state index contributed by atoms with van der Waals surface area (Å²) in [5, 5.41) is 2.89. The maximum absolute atomic E-state index is 13.1. The van der Waals surface area contributed by atoms with Crippen LogP contribution in [0.4, 0.5) is 4.79 Å². The van der Waals surface area contributed by atoms with Crippen LogP contribution in [-0.4, -0.2) is 51.4 Å². The molecule has 0 aromatic heterocycles. The molecule has 0 fully saturated rings. The molecule has 1 aliphatic heterocycles. The Labute approximate surface area is 200 Å². The van der Waals surface area contributed by atoms with Crippen molar-refractivity contribution < 1.29 is 28.5 Å². The van der Waals surface area contributed by atoms with E-state index in [0.717, 1.165) is 16.7 Å². The van der Waals surface area contributed by atoms with Gasteiger partial charge in [-0.25, -0.2) is 9.59 Å². The number of ether oxygens (including phenoxy) is 4. The van der Waals surface area contributed by atoms with Gasteiger partial charge in [0.1, 0.15) is 12.4 Å². The first-order chi connectivity index (χ1) is 16.2. The molecular formula is C26H32N2O6. The van der Waals surface area contributed by atoms with Crippen molar-refractivity contribution in [1.82, 2.24) is 10.2 Å². The lowest BCUT2D eigenvalue weighted by Gasteiger charge is -2.34. The highest BCUT2D eigenvalue weighted by Gasteiger charge is 2.37. The minimum Gasteiger partial charge on any atom is -0.493 e. The standard InChI is InChI=1S/C26H32N2O6/c1-8-33-25(29)23-19(14-34-21-12-15(2)11-16(3)17(21)4)28(5)26(30)27-24(23)18-9-10-20(31-6)22(13-18)32-7/h9-13,24H,8,14H2,1-7H3,(H,27,30)/t24-/m0/s1. The minimum atomic E-state index is -0.749. The quantitative estimate of drug-likeness (QED) is 0.584. The number of carbonyl (C=O) groups is 2. The van der Waals surface area contributed by atoms with Crippen molar-refractivity contribution in [3.05, 3.63) is 63.9 Å². The molecule has 3 rings (SSSR count). The molecule has 2 amide bonds. The third-order valence-corrected chi connectivity index (χ3v) is 5.94. The largest absolute Gasteiger partial charge is 0.493 e. The van der Waals surface area contributed by atoms with E-state index in [0.29, 0.717) is 34.1 Å². The fourth-order valence-corrected chi connectivity index (χ4v) is 3.96. The van der Waals surface area contributed by atoms with Gasteiger partial charge in [0.25, 0.3) is 0 Å². The van der Waals surface area contributed by atoms with Gasteiger partial charge >= 0.3 is 12.0 Å². The molecule has 0 unspecified atom stereocenters. The second kappa shape index (κ2) is 10.5. The summed E-state index contributed by atoms with van der Waals surface area (Å²) in [7, 11) is 4.68. The van der Waals surface area contributed by atoms with E-state index in [1.807, 2.05) is 26.8 Å². The molecule has 0 saturated heterocycles. The van der Waals surface area contributed by atoms with Crippen LogP contribution in [-0.2, 0) is 9.53 Å². The molecule has 0 aliphatic carbocycles. The summed E-state index contributed by atoms with van der Waals surface area (Å²) in [6.45, 7) is 7.95. The zero-order valence-electron chi connectivity index (χ0n) is 20.8. The Hall–Kier alpha value is -3.68. The van der Waals surface area contributed by atoms with Crippen LogP contribution in [0.5, 0.6) is 17.2 Å². The lowest BCUT2D eigenvalue weighted by molar-refractivity contribution is -0.139. The van der Waals surface area contributed by atoms with Gasteiger partial charge in [-0.1, -0.05) is 12.1 Å². The molecule has 2 aromatic carbocycles. The van der Waals surface area contributed by atoms with E-state index < -0.39 is 12.0 Å². The monoisotopic (exact) mass is 468 g/mol. The van der Waals surface area contributed by atoms with Crippen LogP contribution in [0.3, 0.4) is 0 Å². The Bertz CT molecular complexity index is 1120. The van der Waals surface area contributed by atoms with Crippen LogP contribution in [0.2, 0.25) is 0 Å².